The monoisotopic (exact) mass is 389 g/mol. The van der Waals surface area contributed by atoms with E-state index in [1.54, 1.807) is 17.8 Å². The molecule has 0 saturated heterocycles. The van der Waals surface area contributed by atoms with Gasteiger partial charge in [0.25, 0.3) is 0 Å². The minimum atomic E-state index is 0.586. The minimum absolute atomic E-state index is 0.586. The van der Waals surface area contributed by atoms with Crippen molar-refractivity contribution in [3.8, 4) is 11.3 Å². The van der Waals surface area contributed by atoms with Crippen LogP contribution in [0.4, 0.5) is 0 Å². The fourth-order valence-corrected chi connectivity index (χ4v) is 3.84. The van der Waals surface area contributed by atoms with Crippen molar-refractivity contribution in [3.05, 3.63) is 73.3 Å². The fourth-order valence-electron chi connectivity index (χ4n) is 2.54. The molecule has 0 bridgehead atoms. The first-order chi connectivity index (χ1) is 12.0. The van der Waals surface area contributed by atoms with E-state index in [1.807, 2.05) is 23.7 Å². The van der Waals surface area contributed by atoms with Gasteiger partial charge in [-0.2, -0.15) is 5.10 Å². The first kappa shape index (κ1) is 17.9. The topological polar surface area (TPSA) is 29.6 Å². The number of benzene rings is 2. The fraction of sp³-hybridized carbons (Fsp3) is 0.158. The molecule has 3 aromatic rings. The van der Waals surface area contributed by atoms with Crippen molar-refractivity contribution in [1.82, 2.24) is 4.68 Å². The predicted octanol–water partition coefficient (Wildman–Crippen LogP) is 5.55. The molecule has 0 atom stereocenters. The van der Waals surface area contributed by atoms with Crippen LogP contribution < -0.4 is 4.80 Å². The molecule has 0 amide bonds. The number of rotatable bonds is 3. The molecular weight excluding hydrogens is 373 g/mol. The first-order valence-corrected chi connectivity index (χ1v) is 9.33. The van der Waals surface area contributed by atoms with Gasteiger partial charge in [-0.15, -0.1) is 11.3 Å². The Labute approximate surface area is 160 Å². The zero-order valence-corrected chi connectivity index (χ0v) is 16.5. The number of aryl methyl sites for hydroxylation is 2. The average Bonchev–Trinajstić information content (AvgIpc) is 2.97. The van der Waals surface area contributed by atoms with E-state index in [0.29, 0.717) is 10.0 Å². The number of thiazole rings is 1. The summed E-state index contributed by atoms with van der Waals surface area (Å²) in [6, 6.07) is 11.7. The van der Waals surface area contributed by atoms with Gasteiger partial charge in [-0.3, -0.25) is 4.99 Å². The summed E-state index contributed by atoms with van der Waals surface area (Å²) in [6.45, 7) is 4.16. The highest BCUT2D eigenvalue weighted by Gasteiger charge is 2.11. The van der Waals surface area contributed by atoms with Crippen LogP contribution in [0, 0.1) is 13.8 Å². The van der Waals surface area contributed by atoms with Gasteiger partial charge in [0, 0.05) is 23.0 Å². The van der Waals surface area contributed by atoms with Crippen molar-refractivity contribution in [2.45, 2.75) is 13.8 Å². The summed E-state index contributed by atoms with van der Waals surface area (Å²) in [6.07, 6.45) is 1.85. The molecule has 1 aromatic heterocycles. The Hall–Kier alpha value is -1.88. The summed E-state index contributed by atoms with van der Waals surface area (Å²) in [4.78, 5) is 5.10. The Morgan fingerprint density at radius 2 is 1.88 bits per heavy atom. The molecule has 128 valence electrons. The Bertz CT molecular complexity index is 1020. The average molecular weight is 390 g/mol. The molecule has 3 rings (SSSR count). The molecule has 1 heterocycles. The molecule has 0 radical (unpaired) electrons. The molecular formula is C19H17Cl2N3S. The highest BCUT2D eigenvalue weighted by atomic mass is 35.5. The lowest BCUT2D eigenvalue weighted by Crippen LogP contribution is -2.11. The molecule has 0 aliphatic rings. The van der Waals surface area contributed by atoms with Gasteiger partial charge in [-0.1, -0.05) is 47.0 Å². The van der Waals surface area contributed by atoms with Crippen LogP contribution in [0.3, 0.4) is 0 Å². The molecule has 3 nitrogen and oxygen atoms in total. The Morgan fingerprint density at radius 3 is 2.56 bits per heavy atom. The van der Waals surface area contributed by atoms with Gasteiger partial charge in [-0.25, -0.2) is 4.68 Å². The standard InChI is InChI=1S/C19H17Cl2N3S/c1-12-4-5-14(13(2)8-12)10-23-24-18(11-25-19(24)22-3)16-7-6-15(20)9-17(16)21/h4-11H,1-3H3. The van der Waals surface area contributed by atoms with E-state index in [0.717, 1.165) is 21.6 Å². The van der Waals surface area contributed by atoms with Crippen LogP contribution in [0.2, 0.25) is 10.0 Å². The van der Waals surface area contributed by atoms with Gasteiger partial charge in [0.1, 0.15) is 0 Å². The van der Waals surface area contributed by atoms with Crippen LogP contribution in [0.1, 0.15) is 16.7 Å². The van der Waals surface area contributed by atoms with Gasteiger partial charge in [-0.05, 0) is 43.2 Å². The molecule has 0 spiro atoms. The lowest BCUT2D eigenvalue weighted by Gasteiger charge is -2.07. The highest BCUT2D eigenvalue weighted by molar-refractivity contribution is 7.07. The molecule has 25 heavy (non-hydrogen) atoms. The lowest BCUT2D eigenvalue weighted by molar-refractivity contribution is 0.848. The van der Waals surface area contributed by atoms with Gasteiger partial charge < -0.3 is 0 Å². The molecule has 0 aliphatic carbocycles. The van der Waals surface area contributed by atoms with Gasteiger partial charge in [0.05, 0.1) is 16.9 Å². The second-order valence-electron chi connectivity index (χ2n) is 5.67. The van der Waals surface area contributed by atoms with E-state index in [1.165, 1.54) is 22.5 Å². The zero-order chi connectivity index (χ0) is 18.0. The maximum atomic E-state index is 6.37. The van der Waals surface area contributed by atoms with E-state index in [-0.39, 0.29) is 0 Å². The summed E-state index contributed by atoms with van der Waals surface area (Å²) in [7, 11) is 1.75. The van der Waals surface area contributed by atoms with Crippen molar-refractivity contribution in [2.75, 3.05) is 7.05 Å². The van der Waals surface area contributed by atoms with Crippen LogP contribution in [0.15, 0.2) is 51.9 Å². The molecule has 2 aromatic carbocycles. The van der Waals surface area contributed by atoms with E-state index < -0.39 is 0 Å². The Morgan fingerprint density at radius 1 is 1.08 bits per heavy atom. The maximum Gasteiger partial charge on any atom is 0.205 e. The number of nitrogens with zero attached hydrogens (tertiary/aromatic N) is 3. The van der Waals surface area contributed by atoms with Crippen LogP contribution in [-0.2, 0) is 0 Å². The third-order valence-electron chi connectivity index (χ3n) is 3.82. The van der Waals surface area contributed by atoms with Crippen molar-refractivity contribution in [1.29, 1.82) is 0 Å². The number of aromatic nitrogens is 1. The van der Waals surface area contributed by atoms with Crippen molar-refractivity contribution >= 4 is 40.8 Å². The molecule has 0 saturated carbocycles. The molecule has 0 unspecified atom stereocenters. The van der Waals surface area contributed by atoms with Crippen LogP contribution >= 0.6 is 34.5 Å². The van der Waals surface area contributed by atoms with E-state index in [9.17, 15) is 0 Å². The Kier molecular flexibility index (Phi) is 5.42. The van der Waals surface area contributed by atoms with Crippen LogP contribution in [0.25, 0.3) is 11.3 Å². The first-order valence-electron chi connectivity index (χ1n) is 7.70. The summed E-state index contributed by atoms with van der Waals surface area (Å²) in [5.74, 6) is 0. The lowest BCUT2D eigenvalue weighted by atomic mass is 10.1. The summed E-state index contributed by atoms with van der Waals surface area (Å²) < 4.78 is 1.80. The summed E-state index contributed by atoms with van der Waals surface area (Å²) >= 11 is 13.9. The van der Waals surface area contributed by atoms with Crippen LogP contribution in [0.5, 0.6) is 0 Å². The third-order valence-corrected chi connectivity index (χ3v) is 5.28. The molecule has 0 aliphatic heterocycles. The van der Waals surface area contributed by atoms with Gasteiger partial charge >= 0.3 is 0 Å². The second-order valence-corrected chi connectivity index (χ2v) is 7.35. The van der Waals surface area contributed by atoms with Crippen molar-refractivity contribution < 1.29 is 0 Å². The van der Waals surface area contributed by atoms with Gasteiger partial charge in [0.15, 0.2) is 0 Å². The van der Waals surface area contributed by atoms with E-state index >= 15 is 0 Å². The van der Waals surface area contributed by atoms with Gasteiger partial charge in [0.2, 0.25) is 4.80 Å². The Balaban J connectivity index is 2.10. The number of halogens is 2. The smallest absolute Gasteiger partial charge is 0.205 e. The minimum Gasteiger partial charge on any atom is -0.261 e. The summed E-state index contributed by atoms with van der Waals surface area (Å²) in [5, 5.41) is 7.84. The molecule has 0 fully saturated rings. The summed E-state index contributed by atoms with van der Waals surface area (Å²) in [5.41, 5.74) is 5.24. The number of hydrogen-bond acceptors (Lipinski definition) is 3. The zero-order valence-electron chi connectivity index (χ0n) is 14.1. The van der Waals surface area contributed by atoms with Crippen molar-refractivity contribution in [3.63, 3.8) is 0 Å². The molecule has 0 N–H and O–H groups in total. The SMILES string of the molecule is CN=c1scc(-c2ccc(Cl)cc2Cl)n1N=Cc1ccc(C)cc1C. The third kappa shape index (κ3) is 3.87. The normalized spacial score (nSPS) is 12.3. The highest BCUT2D eigenvalue weighted by Crippen LogP contribution is 2.30. The van der Waals surface area contributed by atoms with E-state index in [4.69, 9.17) is 23.2 Å². The predicted molar refractivity (Wildman–Crippen MR) is 108 cm³/mol. The van der Waals surface area contributed by atoms with E-state index in [2.05, 4.69) is 42.1 Å². The number of hydrogen-bond donors (Lipinski definition) is 0. The quantitative estimate of drug-likeness (QED) is 0.525. The van der Waals surface area contributed by atoms with Crippen molar-refractivity contribution in [2.24, 2.45) is 10.1 Å². The maximum absolute atomic E-state index is 6.37. The second kappa shape index (κ2) is 7.56. The largest absolute Gasteiger partial charge is 0.261 e. The van der Waals surface area contributed by atoms with Crippen LogP contribution in [-0.4, -0.2) is 17.9 Å². The molecule has 6 heteroatoms.